The monoisotopic (exact) mass is 235 g/mol. The van der Waals surface area contributed by atoms with E-state index in [2.05, 4.69) is 13.8 Å². The molecule has 0 saturated carbocycles. The van der Waals surface area contributed by atoms with Crippen LogP contribution in [0.1, 0.15) is 32.3 Å². The van der Waals surface area contributed by atoms with Crippen molar-refractivity contribution in [3.8, 4) is 0 Å². The minimum atomic E-state index is -0.715. The van der Waals surface area contributed by atoms with Crippen molar-refractivity contribution in [2.75, 3.05) is 5.73 Å². The molecule has 1 rings (SSSR count). The Labute approximate surface area is 103 Å². The lowest BCUT2D eigenvalue weighted by Crippen LogP contribution is -2.14. The summed E-state index contributed by atoms with van der Waals surface area (Å²) in [7, 11) is 0. The second-order valence-electron chi connectivity index (χ2n) is 4.88. The molecule has 1 atom stereocenters. The third kappa shape index (κ3) is 4.89. The highest BCUT2D eigenvalue weighted by molar-refractivity contribution is 5.66. The Morgan fingerprint density at radius 3 is 2.35 bits per heavy atom. The van der Waals surface area contributed by atoms with E-state index in [1.807, 2.05) is 24.3 Å². The Balaban J connectivity index is 2.60. The third-order valence-electron chi connectivity index (χ3n) is 3.15. The molecule has 0 saturated heterocycles. The van der Waals surface area contributed by atoms with Crippen LogP contribution in [0.5, 0.6) is 0 Å². The molecule has 0 aliphatic heterocycles. The van der Waals surface area contributed by atoms with Crippen LogP contribution < -0.4 is 5.73 Å². The Hall–Kier alpha value is -1.51. The van der Waals surface area contributed by atoms with Gasteiger partial charge in [-0.1, -0.05) is 26.0 Å². The van der Waals surface area contributed by atoms with Gasteiger partial charge in [0.05, 0.1) is 0 Å². The lowest BCUT2D eigenvalue weighted by molar-refractivity contribution is -0.137. The second-order valence-corrected chi connectivity index (χ2v) is 4.88. The van der Waals surface area contributed by atoms with Crippen molar-refractivity contribution >= 4 is 11.7 Å². The first-order valence-electron chi connectivity index (χ1n) is 6.05. The van der Waals surface area contributed by atoms with Crippen LogP contribution in [0.4, 0.5) is 5.69 Å². The molecule has 0 aliphatic carbocycles. The zero-order chi connectivity index (χ0) is 12.8. The zero-order valence-electron chi connectivity index (χ0n) is 10.5. The first-order chi connectivity index (χ1) is 7.99. The summed E-state index contributed by atoms with van der Waals surface area (Å²) in [6, 6.07) is 7.82. The quantitative estimate of drug-likeness (QED) is 0.745. The van der Waals surface area contributed by atoms with Gasteiger partial charge < -0.3 is 10.8 Å². The minimum Gasteiger partial charge on any atom is -0.481 e. The standard InChI is InChI=1S/C14H21NO2/c1-10(2)12(5-8-14(16)17)9-11-3-6-13(15)7-4-11/h3-4,6-7,10,12H,5,8-9,15H2,1-2H3,(H,16,17)/t12-/m1/s1. The van der Waals surface area contributed by atoms with Crippen LogP contribution in [-0.2, 0) is 11.2 Å². The molecule has 3 heteroatoms. The number of hydrogen-bond donors (Lipinski definition) is 2. The molecule has 1 aromatic rings. The molecule has 3 N–H and O–H groups in total. The van der Waals surface area contributed by atoms with Crippen LogP contribution in [0.2, 0.25) is 0 Å². The predicted octanol–water partition coefficient (Wildman–Crippen LogP) is 2.95. The fourth-order valence-corrected chi connectivity index (χ4v) is 1.94. The molecule has 0 aliphatic rings. The first-order valence-corrected chi connectivity index (χ1v) is 6.05. The molecule has 1 aromatic carbocycles. The van der Waals surface area contributed by atoms with E-state index in [1.54, 1.807) is 0 Å². The number of aliphatic carboxylic acids is 1. The van der Waals surface area contributed by atoms with Crippen molar-refractivity contribution in [2.45, 2.75) is 33.1 Å². The average molecular weight is 235 g/mol. The van der Waals surface area contributed by atoms with Gasteiger partial charge >= 0.3 is 5.97 Å². The summed E-state index contributed by atoms with van der Waals surface area (Å²) in [6.45, 7) is 4.29. The van der Waals surface area contributed by atoms with Gasteiger partial charge in [-0.25, -0.2) is 0 Å². The Morgan fingerprint density at radius 2 is 1.88 bits per heavy atom. The Bertz CT molecular complexity index is 357. The highest BCUT2D eigenvalue weighted by atomic mass is 16.4. The molecule has 0 spiro atoms. The molecule has 0 radical (unpaired) electrons. The van der Waals surface area contributed by atoms with Crippen molar-refractivity contribution < 1.29 is 9.90 Å². The van der Waals surface area contributed by atoms with Crippen molar-refractivity contribution in [2.24, 2.45) is 11.8 Å². The molecule has 94 valence electrons. The molecule has 0 fully saturated rings. The van der Waals surface area contributed by atoms with Crippen molar-refractivity contribution in [1.82, 2.24) is 0 Å². The zero-order valence-corrected chi connectivity index (χ0v) is 10.5. The number of anilines is 1. The molecule has 0 bridgehead atoms. The van der Waals surface area contributed by atoms with Crippen LogP contribution in [0.15, 0.2) is 24.3 Å². The topological polar surface area (TPSA) is 63.3 Å². The van der Waals surface area contributed by atoms with E-state index in [-0.39, 0.29) is 6.42 Å². The maximum atomic E-state index is 10.6. The number of carbonyl (C=O) groups is 1. The molecular formula is C14H21NO2. The lowest BCUT2D eigenvalue weighted by Gasteiger charge is -2.20. The number of carboxylic acid groups (broad SMARTS) is 1. The maximum absolute atomic E-state index is 10.6. The molecule has 0 unspecified atom stereocenters. The van der Waals surface area contributed by atoms with Gasteiger partial charge in [-0.05, 0) is 42.4 Å². The molecule has 0 heterocycles. The van der Waals surface area contributed by atoms with Crippen molar-refractivity contribution in [1.29, 1.82) is 0 Å². The van der Waals surface area contributed by atoms with E-state index >= 15 is 0 Å². The van der Waals surface area contributed by atoms with Gasteiger partial charge in [0.25, 0.3) is 0 Å². The summed E-state index contributed by atoms with van der Waals surface area (Å²) in [6.07, 6.45) is 1.90. The van der Waals surface area contributed by atoms with Gasteiger partial charge in [-0.15, -0.1) is 0 Å². The molecular weight excluding hydrogens is 214 g/mol. The summed E-state index contributed by atoms with van der Waals surface area (Å²) < 4.78 is 0. The smallest absolute Gasteiger partial charge is 0.303 e. The van der Waals surface area contributed by atoms with Crippen LogP contribution >= 0.6 is 0 Å². The average Bonchev–Trinajstić information content (AvgIpc) is 2.26. The number of nitrogen functional groups attached to an aromatic ring is 1. The fourth-order valence-electron chi connectivity index (χ4n) is 1.94. The van der Waals surface area contributed by atoms with Gasteiger partial charge in [0.15, 0.2) is 0 Å². The highest BCUT2D eigenvalue weighted by Crippen LogP contribution is 2.22. The molecule has 17 heavy (non-hydrogen) atoms. The third-order valence-corrected chi connectivity index (χ3v) is 3.15. The lowest BCUT2D eigenvalue weighted by atomic mass is 9.85. The van der Waals surface area contributed by atoms with E-state index < -0.39 is 5.97 Å². The number of rotatable bonds is 6. The van der Waals surface area contributed by atoms with Gasteiger partial charge in [0.2, 0.25) is 0 Å². The predicted molar refractivity (Wildman–Crippen MR) is 69.8 cm³/mol. The van der Waals surface area contributed by atoms with E-state index in [4.69, 9.17) is 10.8 Å². The number of carboxylic acids is 1. The summed E-state index contributed by atoms with van der Waals surface area (Å²) in [5.74, 6) is 0.189. The normalized spacial score (nSPS) is 12.6. The number of benzene rings is 1. The highest BCUT2D eigenvalue weighted by Gasteiger charge is 2.15. The fraction of sp³-hybridized carbons (Fsp3) is 0.500. The van der Waals surface area contributed by atoms with Crippen molar-refractivity contribution in [3.63, 3.8) is 0 Å². The Morgan fingerprint density at radius 1 is 1.29 bits per heavy atom. The summed E-state index contributed by atoms with van der Waals surface area (Å²) in [5, 5.41) is 8.73. The molecule has 3 nitrogen and oxygen atoms in total. The van der Waals surface area contributed by atoms with Crippen LogP contribution in [0, 0.1) is 11.8 Å². The summed E-state index contributed by atoms with van der Waals surface area (Å²) in [5.41, 5.74) is 7.63. The van der Waals surface area contributed by atoms with Gasteiger partial charge in [0, 0.05) is 12.1 Å². The number of nitrogens with two attached hydrogens (primary N) is 1. The minimum absolute atomic E-state index is 0.248. The van der Waals surface area contributed by atoms with Gasteiger partial charge in [0.1, 0.15) is 0 Å². The second kappa shape index (κ2) is 6.28. The van der Waals surface area contributed by atoms with Gasteiger partial charge in [-0.2, -0.15) is 0 Å². The molecule has 0 amide bonds. The molecule has 0 aromatic heterocycles. The van der Waals surface area contributed by atoms with E-state index in [0.717, 1.165) is 18.5 Å². The largest absolute Gasteiger partial charge is 0.481 e. The van der Waals surface area contributed by atoms with Crippen LogP contribution in [0.25, 0.3) is 0 Å². The van der Waals surface area contributed by atoms with Crippen molar-refractivity contribution in [3.05, 3.63) is 29.8 Å². The van der Waals surface area contributed by atoms with E-state index in [1.165, 1.54) is 5.56 Å². The first kappa shape index (κ1) is 13.6. The SMILES string of the molecule is CC(C)[C@H](CCC(=O)O)Cc1ccc(N)cc1. The van der Waals surface area contributed by atoms with E-state index in [0.29, 0.717) is 11.8 Å². The maximum Gasteiger partial charge on any atom is 0.303 e. The van der Waals surface area contributed by atoms with Gasteiger partial charge in [-0.3, -0.25) is 4.79 Å². The number of hydrogen-bond acceptors (Lipinski definition) is 2. The summed E-state index contributed by atoms with van der Waals surface area (Å²) in [4.78, 5) is 10.6. The van der Waals surface area contributed by atoms with E-state index in [9.17, 15) is 4.79 Å². The summed E-state index contributed by atoms with van der Waals surface area (Å²) >= 11 is 0. The van der Waals surface area contributed by atoms with Crippen LogP contribution in [0.3, 0.4) is 0 Å². The Kier molecular flexibility index (Phi) is 5.01. The van der Waals surface area contributed by atoms with Crippen LogP contribution in [-0.4, -0.2) is 11.1 Å².